The molecule has 2 aromatic carbocycles. The fourth-order valence-electron chi connectivity index (χ4n) is 3.63. The van der Waals surface area contributed by atoms with Gasteiger partial charge in [-0.05, 0) is 39.0 Å². The summed E-state index contributed by atoms with van der Waals surface area (Å²) >= 11 is 0.787. The third kappa shape index (κ3) is 5.15. The number of carbonyl (C=O) groups is 1. The van der Waals surface area contributed by atoms with Crippen molar-refractivity contribution in [3.05, 3.63) is 59.2 Å². The molecule has 0 saturated carbocycles. The number of carbonyl (C=O) groups excluding carboxylic acids is 1. The number of amides is 1. The van der Waals surface area contributed by atoms with Crippen LogP contribution in [0, 0.1) is 6.92 Å². The molecule has 1 aliphatic rings. The van der Waals surface area contributed by atoms with Crippen LogP contribution >= 0.6 is 11.3 Å². The minimum absolute atomic E-state index is 0.0966. The average Bonchev–Trinajstić information content (AvgIpc) is 3.21. The van der Waals surface area contributed by atoms with Crippen molar-refractivity contribution in [2.24, 2.45) is 0 Å². The van der Waals surface area contributed by atoms with Crippen molar-refractivity contribution in [2.75, 3.05) is 12.4 Å². The Morgan fingerprint density at radius 1 is 1.21 bits per heavy atom. The zero-order valence-electron chi connectivity index (χ0n) is 18.6. The zero-order valence-corrected chi connectivity index (χ0v) is 20.2. The summed E-state index contributed by atoms with van der Waals surface area (Å²) in [5, 5.41) is 10.3. The Bertz CT molecular complexity index is 1300. The van der Waals surface area contributed by atoms with Gasteiger partial charge in [0.05, 0.1) is 13.2 Å². The van der Waals surface area contributed by atoms with Gasteiger partial charge in [-0.2, -0.15) is 0 Å². The Kier molecular flexibility index (Phi) is 6.12. The number of aryl methyl sites for hydroxylation is 1. The smallest absolute Gasteiger partial charge is 0.270 e. The molecule has 0 unspecified atom stereocenters. The average molecular weight is 489 g/mol. The number of ether oxygens (including phenoxy) is 2. The van der Waals surface area contributed by atoms with Gasteiger partial charge in [-0.25, -0.2) is 13.1 Å². The minimum atomic E-state index is -4.00. The third-order valence-corrected chi connectivity index (χ3v) is 7.79. The molecular formula is C22H24N4O5S2. The number of nitrogens with one attached hydrogen (secondary N) is 2. The van der Waals surface area contributed by atoms with Crippen LogP contribution in [0.25, 0.3) is 0 Å². The third-order valence-electron chi connectivity index (χ3n) is 5.11. The van der Waals surface area contributed by atoms with Crippen LogP contribution in [0.1, 0.15) is 47.8 Å². The van der Waals surface area contributed by atoms with Crippen LogP contribution in [0.15, 0.2) is 46.8 Å². The highest BCUT2D eigenvalue weighted by molar-refractivity contribution is 7.91. The first-order valence-corrected chi connectivity index (χ1v) is 12.5. The van der Waals surface area contributed by atoms with Gasteiger partial charge in [0.25, 0.3) is 15.9 Å². The molecule has 0 aliphatic carbocycles. The van der Waals surface area contributed by atoms with Crippen LogP contribution in [0.5, 0.6) is 11.5 Å². The van der Waals surface area contributed by atoms with Crippen molar-refractivity contribution in [1.29, 1.82) is 0 Å². The molecule has 11 heteroatoms. The number of fused-ring (bicyclic) bond motifs is 1. The van der Waals surface area contributed by atoms with Gasteiger partial charge in [0, 0.05) is 23.6 Å². The minimum Gasteiger partial charge on any atom is -0.497 e. The lowest BCUT2D eigenvalue weighted by Gasteiger charge is -2.37. The molecule has 2 N–H and O–H groups in total. The van der Waals surface area contributed by atoms with Gasteiger partial charge in [0.15, 0.2) is 0 Å². The second kappa shape index (κ2) is 8.73. The van der Waals surface area contributed by atoms with E-state index in [1.165, 1.54) is 0 Å². The molecule has 0 bridgehead atoms. The number of anilines is 1. The van der Waals surface area contributed by atoms with E-state index in [2.05, 4.69) is 20.2 Å². The summed E-state index contributed by atoms with van der Waals surface area (Å²) < 4.78 is 39.9. The Labute approximate surface area is 196 Å². The molecule has 1 atom stereocenters. The first-order valence-electron chi connectivity index (χ1n) is 10.2. The summed E-state index contributed by atoms with van der Waals surface area (Å²) in [5.74, 6) is 0.786. The molecule has 2 heterocycles. The van der Waals surface area contributed by atoms with Crippen molar-refractivity contribution in [2.45, 2.75) is 43.2 Å². The van der Waals surface area contributed by atoms with Crippen LogP contribution < -0.4 is 19.5 Å². The molecule has 0 fully saturated rings. The van der Waals surface area contributed by atoms with E-state index in [-0.39, 0.29) is 15.4 Å². The molecule has 1 amide bonds. The first-order chi connectivity index (χ1) is 15.6. The maximum atomic E-state index is 13.1. The predicted octanol–water partition coefficient (Wildman–Crippen LogP) is 3.69. The molecule has 3 aromatic rings. The summed E-state index contributed by atoms with van der Waals surface area (Å²) in [6.45, 7) is 5.66. The quantitative estimate of drug-likeness (QED) is 0.508. The van der Waals surface area contributed by atoms with E-state index in [4.69, 9.17) is 9.47 Å². The van der Waals surface area contributed by atoms with Crippen molar-refractivity contribution in [3.63, 3.8) is 0 Å². The molecule has 0 radical (unpaired) electrons. The van der Waals surface area contributed by atoms with Crippen molar-refractivity contribution >= 4 is 32.4 Å². The number of aromatic nitrogens is 2. The van der Waals surface area contributed by atoms with E-state index in [1.54, 1.807) is 43.5 Å². The van der Waals surface area contributed by atoms with Crippen LogP contribution in [-0.2, 0) is 10.0 Å². The van der Waals surface area contributed by atoms with E-state index in [9.17, 15) is 13.2 Å². The van der Waals surface area contributed by atoms with E-state index in [1.807, 2.05) is 26.8 Å². The monoisotopic (exact) mass is 488 g/mol. The SMILES string of the molecule is COc1ccc2c(c1)OC(C)(C)C[C@@H]2NS(=O)(=O)c1nnc(NC(=O)c2cccc(C)c2)s1. The van der Waals surface area contributed by atoms with Crippen molar-refractivity contribution < 1.29 is 22.7 Å². The number of rotatable bonds is 6. The summed E-state index contributed by atoms with van der Waals surface area (Å²) in [7, 11) is -2.44. The Balaban J connectivity index is 1.54. The number of sulfonamides is 1. The van der Waals surface area contributed by atoms with Crippen molar-refractivity contribution in [3.8, 4) is 11.5 Å². The summed E-state index contributed by atoms with van der Waals surface area (Å²) in [6, 6.07) is 11.8. The topological polar surface area (TPSA) is 120 Å². The molecular weight excluding hydrogens is 464 g/mol. The van der Waals surface area contributed by atoms with Crippen LogP contribution in [0.4, 0.5) is 5.13 Å². The van der Waals surface area contributed by atoms with Gasteiger partial charge in [0.2, 0.25) is 9.47 Å². The predicted molar refractivity (Wildman–Crippen MR) is 124 cm³/mol. The second-order valence-corrected chi connectivity index (χ2v) is 11.2. The van der Waals surface area contributed by atoms with Crippen molar-refractivity contribution in [1.82, 2.24) is 14.9 Å². The summed E-state index contributed by atoms with van der Waals surface area (Å²) in [6.07, 6.45) is 0.418. The van der Waals surface area contributed by atoms with E-state index < -0.39 is 21.7 Å². The van der Waals surface area contributed by atoms with E-state index >= 15 is 0 Å². The molecule has 174 valence electrons. The van der Waals surface area contributed by atoms with Gasteiger partial charge in [0.1, 0.15) is 17.1 Å². The summed E-state index contributed by atoms with van der Waals surface area (Å²) in [4.78, 5) is 12.4. The highest BCUT2D eigenvalue weighted by Gasteiger charge is 2.37. The lowest BCUT2D eigenvalue weighted by molar-refractivity contribution is 0.0698. The van der Waals surface area contributed by atoms with Crippen LogP contribution in [0.2, 0.25) is 0 Å². The zero-order chi connectivity index (χ0) is 23.8. The van der Waals surface area contributed by atoms with Crippen LogP contribution in [-0.4, -0.2) is 37.2 Å². The Morgan fingerprint density at radius 2 is 2.00 bits per heavy atom. The molecule has 1 aliphatic heterocycles. The fourth-order valence-corrected chi connectivity index (χ4v) is 5.75. The van der Waals surface area contributed by atoms with Gasteiger partial charge in [-0.3, -0.25) is 10.1 Å². The number of hydrogen-bond acceptors (Lipinski definition) is 8. The maximum Gasteiger partial charge on any atom is 0.270 e. The van der Waals surface area contributed by atoms with E-state index in [0.717, 1.165) is 16.9 Å². The normalized spacial score (nSPS) is 17.0. The molecule has 4 rings (SSSR count). The lowest BCUT2D eigenvalue weighted by Crippen LogP contribution is -2.41. The van der Waals surface area contributed by atoms with Gasteiger partial charge >= 0.3 is 0 Å². The number of benzene rings is 2. The molecule has 0 saturated heterocycles. The van der Waals surface area contributed by atoms with Gasteiger partial charge in [-0.15, -0.1) is 10.2 Å². The number of nitrogens with zero attached hydrogens (tertiary/aromatic N) is 2. The number of hydrogen-bond donors (Lipinski definition) is 2. The highest BCUT2D eigenvalue weighted by atomic mass is 32.2. The largest absolute Gasteiger partial charge is 0.497 e. The molecule has 1 aromatic heterocycles. The Morgan fingerprint density at radius 3 is 2.73 bits per heavy atom. The molecule has 33 heavy (non-hydrogen) atoms. The van der Waals surface area contributed by atoms with E-state index in [0.29, 0.717) is 29.0 Å². The van der Waals surface area contributed by atoms with Gasteiger partial charge in [-0.1, -0.05) is 35.1 Å². The number of methoxy groups -OCH3 is 1. The van der Waals surface area contributed by atoms with Crippen LogP contribution in [0.3, 0.4) is 0 Å². The first kappa shape index (κ1) is 23.1. The lowest BCUT2D eigenvalue weighted by atomic mass is 9.90. The van der Waals surface area contributed by atoms with Gasteiger partial charge < -0.3 is 9.47 Å². The molecule has 0 spiro atoms. The molecule has 9 nitrogen and oxygen atoms in total. The summed E-state index contributed by atoms with van der Waals surface area (Å²) in [5.41, 5.74) is 1.49. The fraction of sp³-hybridized carbons (Fsp3) is 0.318. The standard InChI is InChI=1S/C22H24N4O5S2/c1-13-6-5-7-14(10-13)19(27)23-20-24-25-21(32-20)33(28,29)26-17-12-22(2,3)31-18-11-15(30-4)8-9-16(17)18/h5-11,17,26H,12H2,1-4H3,(H,23,24,27)/t17-/m0/s1. The Hall–Kier alpha value is -3.02. The second-order valence-electron chi connectivity index (χ2n) is 8.34. The highest BCUT2D eigenvalue weighted by Crippen LogP contribution is 2.42. The maximum absolute atomic E-state index is 13.1.